The molecule has 12 heteroatoms. The van der Waals surface area contributed by atoms with E-state index in [1.807, 2.05) is 37.1 Å². The van der Waals surface area contributed by atoms with Crippen molar-refractivity contribution in [3.63, 3.8) is 0 Å². The number of carbonyl (C=O) groups excluding carboxylic acids is 3. The van der Waals surface area contributed by atoms with E-state index in [0.717, 1.165) is 65.9 Å². The molecule has 2 aromatic carbocycles. The maximum atomic E-state index is 15.3. The van der Waals surface area contributed by atoms with Gasteiger partial charge in [-0.1, -0.05) is 55.8 Å². The molecule has 12 nitrogen and oxygen atoms in total. The van der Waals surface area contributed by atoms with Crippen LogP contribution < -0.4 is 9.64 Å². The van der Waals surface area contributed by atoms with E-state index in [9.17, 15) is 14.7 Å². The Labute approximate surface area is 340 Å². The van der Waals surface area contributed by atoms with Crippen LogP contribution in [0.15, 0.2) is 60.2 Å². The van der Waals surface area contributed by atoms with Crippen molar-refractivity contribution >= 4 is 34.5 Å². The van der Waals surface area contributed by atoms with E-state index in [1.54, 1.807) is 7.11 Å². The summed E-state index contributed by atoms with van der Waals surface area (Å²) in [6, 6.07) is 11.2. The van der Waals surface area contributed by atoms with Crippen molar-refractivity contribution in [2.24, 2.45) is 11.3 Å². The predicted octanol–water partition coefficient (Wildman–Crippen LogP) is 4.80. The SMILES string of the molecule is CCC1=C[C@@H]2CN(CCc3c([nH]c4ccccc34)[C@@](C(=O)OC)(c3cc4c(cc3OC)N(C)C3[C@]45CCN4CC=C[C@@](CC)([C@@H](OC(C)=O)[C@]3(O)C(=O)OC)[C@H]45)C2)C1. The van der Waals surface area contributed by atoms with Gasteiger partial charge in [0.25, 0.3) is 0 Å². The lowest BCUT2D eigenvalue weighted by molar-refractivity contribution is -0.228. The van der Waals surface area contributed by atoms with E-state index < -0.39 is 45.9 Å². The number of rotatable bonds is 7. The number of nitrogens with zero attached hydrogens (tertiary/aromatic N) is 3. The van der Waals surface area contributed by atoms with E-state index in [4.69, 9.17) is 18.9 Å². The standard InChI is InChI=1S/C46H56N4O8/c1-8-28-21-29-24-45(41(52)56-6,37-31(15-19-49(25-28)26-29)30-13-10-11-14-34(30)47-37)33-22-32-35(23-36(33)55-5)48(4)39-44(32)17-20-50-18-12-16-43(9-2,38(44)50)40(58-27(3)51)46(39,54)42(53)57-7/h10-14,16,21-23,29,38-40,47,54H,8-9,15,17-20,24-26H2,1-7H3/t29-,38-,39?,40+,43+,44+,45-,46-/m0/s1. The lowest BCUT2D eigenvalue weighted by atomic mass is 9.47. The first-order chi connectivity index (χ1) is 27.9. The molecule has 6 heterocycles. The number of benzene rings is 2. The molecule has 5 aliphatic heterocycles. The molecule has 9 atom stereocenters. The summed E-state index contributed by atoms with van der Waals surface area (Å²) < 4.78 is 24.0. The lowest BCUT2D eigenvalue weighted by Gasteiger charge is -2.63. The van der Waals surface area contributed by atoms with Crippen LogP contribution in [0, 0.1) is 11.3 Å². The number of hydrogen-bond donors (Lipinski definition) is 2. The average molecular weight is 793 g/mol. The van der Waals surface area contributed by atoms with Gasteiger partial charge >= 0.3 is 17.9 Å². The highest BCUT2D eigenvalue weighted by Gasteiger charge is 2.80. The van der Waals surface area contributed by atoms with Crippen molar-refractivity contribution in [3.05, 3.63) is 82.6 Å². The molecule has 2 unspecified atom stereocenters. The van der Waals surface area contributed by atoms with Gasteiger partial charge in [0.15, 0.2) is 6.10 Å². The number of ether oxygens (including phenoxy) is 4. The zero-order valence-electron chi connectivity index (χ0n) is 34.7. The highest BCUT2D eigenvalue weighted by Crippen LogP contribution is 2.68. The molecular weight excluding hydrogens is 737 g/mol. The number of fused-ring (bicyclic) bond motifs is 6. The van der Waals surface area contributed by atoms with Crippen LogP contribution in [0.2, 0.25) is 0 Å². The van der Waals surface area contributed by atoms with Crippen molar-refractivity contribution in [2.45, 2.75) is 87.5 Å². The van der Waals surface area contributed by atoms with Crippen molar-refractivity contribution < 1.29 is 38.4 Å². The van der Waals surface area contributed by atoms with Gasteiger partial charge in [-0.05, 0) is 67.8 Å². The smallest absolute Gasteiger partial charge is 0.344 e. The molecule has 308 valence electrons. The van der Waals surface area contributed by atoms with Gasteiger partial charge < -0.3 is 33.9 Å². The van der Waals surface area contributed by atoms with Gasteiger partial charge in [0.2, 0.25) is 5.60 Å². The third-order valence-corrected chi connectivity index (χ3v) is 15.1. The maximum absolute atomic E-state index is 15.3. The molecule has 1 aliphatic carbocycles. The van der Waals surface area contributed by atoms with Crippen LogP contribution in [0.4, 0.5) is 5.69 Å². The lowest BCUT2D eigenvalue weighted by Crippen LogP contribution is -2.81. The Morgan fingerprint density at radius 2 is 1.78 bits per heavy atom. The van der Waals surface area contributed by atoms with Crippen LogP contribution in [0.5, 0.6) is 5.75 Å². The molecule has 2 N–H and O–H groups in total. The number of H-pyrrole nitrogens is 1. The Morgan fingerprint density at radius 1 is 1.00 bits per heavy atom. The van der Waals surface area contributed by atoms with Crippen LogP contribution in [-0.2, 0) is 45.8 Å². The first-order valence-corrected chi connectivity index (χ1v) is 20.8. The molecule has 2 bridgehead atoms. The van der Waals surface area contributed by atoms with Crippen LogP contribution in [0.25, 0.3) is 10.9 Å². The summed E-state index contributed by atoms with van der Waals surface area (Å²) in [5, 5.41) is 14.4. The molecule has 1 saturated heterocycles. The van der Waals surface area contributed by atoms with Gasteiger partial charge in [-0.2, -0.15) is 0 Å². The molecule has 58 heavy (non-hydrogen) atoms. The minimum atomic E-state index is -2.28. The Bertz CT molecular complexity index is 2270. The van der Waals surface area contributed by atoms with Crippen molar-refractivity contribution in [1.82, 2.24) is 14.8 Å². The van der Waals surface area contributed by atoms with Crippen molar-refractivity contribution in [1.29, 1.82) is 0 Å². The third kappa shape index (κ3) is 4.94. The summed E-state index contributed by atoms with van der Waals surface area (Å²) in [5.41, 5.74) is 1.10. The zero-order valence-corrected chi connectivity index (χ0v) is 34.7. The van der Waals surface area contributed by atoms with Gasteiger partial charge in [-0.25, -0.2) is 4.79 Å². The number of methoxy groups -OCH3 is 3. The molecule has 0 amide bonds. The monoisotopic (exact) mass is 792 g/mol. The molecule has 1 spiro atoms. The van der Waals surface area contributed by atoms with E-state index in [1.165, 1.54) is 26.7 Å². The number of aromatic nitrogens is 1. The summed E-state index contributed by atoms with van der Waals surface area (Å²) in [5.74, 6) is -1.31. The average Bonchev–Trinajstić information content (AvgIpc) is 3.89. The highest BCUT2D eigenvalue weighted by molar-refractivity contribution is 5.95. The molecule has 0 radical (unpaired) electrons. The Hall–Kier alpha value is -4.65. The highest BCUT2D eigenvalue weighted by atomic mass is 16.6. The quantitative estimate of drug-likeness (QED) is 0.194. The number of para-hydroxylation sites is 1. The molecule has 3 aromatic rings. The summed E-state index contributed by atoms with van der Waals surface area (Å²) >= 11 is 0. The summed E-state index contributed by atoms with van der Waals surface area (Å²) in [6.07, 6.45) is 8.43. The number of likely N-dealkylation sites (N-methyl/N-ethyl adjacent to an activating group) is 1. The number of esters is 3. The van der Waals surface area contributed by atoms with E-state index >= 15 is 4.79 Å². The van der Waals surface area contributed by atoms with Gasteiger partial charge in [-0.15, -0.1) is 0 Å². The topological polar surface area (TPSA) is 134 Å². The normalized spacial score (nSPS) is 34.7. The second kappa shape index (κ2) is 13.7. The summed E-state index contributed by atoms with van der Waals surface area (Å²) in [7, 11) is 6.24. The van der Waals surface area contributed by atoms with E-state index in [2.05, 4.69) is 58.1 Å². The van der Waals surface area contributed by atoms with Gasteiger partial charge in [0.05, 0.1) is 27.4 Å². The summed E-state index contributed by atoms with van der Waals surface area (Å²) in [6.45, 7) is 9.44. The number of aliphatic hydroxyl groups is 1. The van der Waals surface area contributed by atoms with Crippen LogP contribution in [0.3, 0.4) is 0 Å². The maximum Gasteiger partial charge on any atom is 0.344 e. The van der Waals surface area contributed by atoms with E-state index in [0.29, 0.717) is 43.7 Å². The van der Waals surface area contributed by atoms with Crippen molar-refractivity contribution in [2.75, 3.05) is 66.0 Å². The zero-order chi connectivity index (χ0) is 40.9. The molecule has 6 aliphatic rings. The Morgan fingerprint density at radius 3 is 2.48 bits per heavy atom. The Kier molecular flexibility index (Phi) is 9.18. The number of anilines is 1. The van der Waals surface area contributed by atoms with Crippen LogP contribution in [0.1, 0.15) is 68.8 Å². The van der Waals surface area contributed by atoms with E-state index in [-0.39, 0.29) is 17.9 Å². The number of carbonyl (C=O) groups is 3. The van der Waals surface area contributed by atoms with Crippen LogP contribution in [-0.4, -0.2) is 123 Å². The fourth-order valence-corrected chi connectivity index (χ4v) is 13.0. The second-order valence-electron chi connectivity index (χ2n) is 17.5. The molecule has 1 saturated carbocycles. The first kappa shape index (κ1) is 38.8. The number of nitrogens with one attached hydrogen (secondary N) is 1. The molecule has 1 aromatic heterocycles. The minimum absolute atomic E-state index is 0.0217. The second-order valence-corrected chi connectivity index (χ2v) is 17.5. The fraction of sp³-hybridized carbons (Fsp3) is 0.543. The fourth-order valence-electron chi connectivity index (χ4n) is 13.0. The van der Waals surface area contributed by atoms with Gasteiger partial charge in [0.1, 0.15) is 11.2 Å². The first-order valence-electron chi connectivity index (χ1n) is 20.8. The largest absolute Gasteiger partial charge is 0.496 e. The van der Waals surface area contributed by atoms with Crippen molar-refractivity contribution in [3.8, 4) is 5.75 Å². The minimum Gasteiger partial charge on any atom is -0.496 e. The Balaban J connectivity index is 1.37. The predicted molar refractivity (Wildman–Crippen MR) is 219 cm³/mol. The van der Waals surface area contributed by atoms with Gasteiger partial charge in [-0.3, -0.25) is 19.4 Å². The molecule has 2 fully saturated rings. The third-order valence-electron chi connectivity index (χ3n) is 15.1. The molecular formula is C46H56N4O8. The van der Waals surface area contributed by atoms with Crippen LogP contribution >= 0.6 is 0 Å². The number of hydrogen-bond acceptors (Lipinski definition) is 11. The number of aromatic amines is 1. The van der Waals surface area contributed by atoms with Gasteiger partial charge in [0, 0.05) is 90.9 Å². The summed E-state index contributed by atoms with van der Waals surface area (Å²) in [4.78, 5) is 53.4. The molecule has 9 rings (SSSR count).